The van der Waals surface area contributed by atoms with Crippen molar-refractivity contribution in [3.8, 4) is 11.3 Å². The van der Waals surface area contributed by atoms with Gasteiger partial charge in [0.05, 0.1) is 5.56 Å². The van der Waals surface area contributed by atoms with Gasteiger partial charge in [0.1, 0.15) is 5.82 Å². The summed E-state index contributed by atoms with van der Waals surface area (Å²) in [4.78, 5) is 68.6. The van der Waals surface area contributed by atoms with Gasteiger partial charge in [-0.1, -0.05) is 30.3 Å². The van der Waals surface area contributed by atoms with Crippen LogP contribution in [-0.4, -0.2) is 70.2 Å². The third kappa shape index (κ3) is 6.70. The lowest BCUT2D eigenvalue weighted by atomic mass is 9.99. The van der Waals surface area contributed by atoms with Crippen molar-refractivity contribution < 1.29 is 28.4 Å². The van der Waals surface area contributed by atoms with Crippen molar-refractivity contribution in [2.45, 2.75) is 56.6 Å². The van der Waals surface area contributed by atoms with E-state index < -0.39 is 5.82 Å². The zero-order valence-electron chi connectivity index (χ0n) is 26.7. The number of rotatable bonds is 12. The number of carbonyl (C=O) groups is 5. The first-order chi connectivity index (χ1) is 23.1. The zero-order chi connectivity index (χ0) is 33.9. The number of halogens is 1. The van der Waals surface area contributed by atoms with Gasteiger partial charge in [-0.15, -0.1) is 11.8 Å². The molecule has 0 saturated carbocycles. The third-order valence-electron chi connectivity index (χ3n) is 9.03. The second-order valence-corrected chi connectivity index (χ2v) is 13.3. The van der Waals surface area contributed by atoms with E-state index in [9.17, 15) is 28.4 Å². The van der Waals surface area contributed by atoms with Gasteiger partial charge in [-0.3, -0.25) is 29.3 Å². The van der Waals surface area contributed by atoms with Crippen molar-refractivity contribution in [1.29, 1.82) is 0 Å². The number of imide groups is 1. The molecule has 0 bridgehead atoms. The number of amides is 5. The SMILES string of the molecule is CC(CCC(=O)NC=O)N1Cc2c(SCCC(=O)N(C)Cc3ccc(-c4[nH]c5cc(F)cc6c5c4CCNC6=O)cc3)cccc2C1=O. The lowest BCUT2D eigenvalue weighted by Gasteiger charge is -2.24. The molecule has 4 aromatic rings. The van der Waals surface area contributed by atoms with E-state index in [0.29, 0.717) is 67.7 Å². The summed E-state index contributed by atoms with van der Waals surface area (Å²) in [5, 5.41) is 5.73. The Kier molecular flexibility index (Phi) is 9.63. The number of hydrogen-bond donors (Lipinski definition) is 3. The molecule has 1 aromatic heterocycles. The fourth-order valence-corrected chi connectivity index (χ4v) is 7.49. The predicted molar refractivity (Wildman–Crippen MR) is 181 cm³/mol. The fraction of sp³-hybridized carbons (Fsp3) is 0.306. The van der Waals surface area contributed by atoms with Crippen molar-refractivity contribution in [2.75, 3.05) is 19.3 Å². The molecule has 1 unspecified atom stereocenters. The highest BCUT2D eigenvalue weighted by molar-refractivity contribution is 7.99. The highest BCUT2D eigenvalue weighted by atomic mass is 32.2. The van der Waals surface area contributed by atoms with Crippen LogP contribution >= 0.6 is 11.8 Å². The quantitative estimate of drug-likeness (QED) is 0.147. The van der Waals surface area contributed by atoms with Gasteiger partial charge in [0.15, 0.2) is 0 Å². The van der Waals surface area contributed by atoms with E-state index in [-0.39, 0.29) is 36.1 Å². The summed E-state index contributed by atoms with van der Waals surface area (Å²) in [6, 6.07) is 16.0. The van der Waals surface area contributed by atoms with Crippen molar-refractivity contribution in [3.63, 3.8) is 0 Å². The van der Waals surface area contributed by atoms with Crippen molar-refractivity contribution in [1.82, 2.24) is 25.4 Å². The number of fused-ring (bicyclic) bond motifs is 1. The average Bonchev–Trinajstić information content (AvgIpc) is 3.55. The number of carbonyl (C=O) groups excluding carboxylic acids is 5. The number of nitrogens with one attached hydrogen (secondary N) is 3. The minimum absolute atomic E-state index is 0.00194. The largest absolute Gasteiger partial charge is 0.354 e. The lowest BCUT2D eigenvalue weighted by Crippen LogP contribution is -2.34. The van der Waals surface area contributed by atoms with Gasteiger partial charge in [0.2, 0.25) is 18.2 Å². The number of aromatic nitrogens is 1. The lowest BCUT2D eigenvalue weighted by molar-refractivity contribution is -0.130. The number of aromatic amines is 1. The molecule has 48 heavy (non-hydrogen) atoms. The first kappa shape index (κ1) is 33.0. The van der Waals surface area contributed by atoms with Crippen LogP contribution in [-0.2, 0) is 33.9 Å². The van der Waals surface area contributed by atoms with Crippen LogP contribution in [0.1, 0.15) is 63.6 Å². The minimum atomic E-state index is -0.466. The van der Waals surface area contributed by atoms with Gasteiger partial charge >= 0.3 is 0 Å². The maximum atomic E-state index is 14.3. The molecule has 0 radical (unpaired) electrons. The molecule has 3 N–H and O–H groups in total. The highest BCUT2D eigenvalue weighted by Gasteiger charge is 2.32. The average molecular weight is 670 g/mol. The normalized spacial score (nSPS) is 14.4. The zero-order valence-corrected chi connectivity index (χ0v) is 27.5. The number of benzene rings is 3. The van der Waals surface area contributed by atoms with Crippen LogP contribution in [0, 0.1) is 5.82 Å². The van der Waals surface area contributed by atoms with Gasteiger partial charge in [-0.05, 0) is 66.3 Å². The van der Waals surface area contributed by atoms with E-state index >= 15 is 0 Å². The Morgan fingerprint density at radius 3 is 2.65 bits per heavy atom. The van der Waals surface area contributed by atoms with Crippen LogP contribution in [0.25, 0.3) is 22.2 Å². The smallest absolute Gasteiger partial charge is 0.254 e. The van der Waals surface area contributed by atoms with Crippen LogP contribution in [0.3, 0.4) is 0 Å². The fourth-order valence-electron chi connectivity index (χ4n) is 6.47. The molecular weight excluding hydrogens is 633 g/mol. The van der Waals surface area contributed by atoms with E-state index in [0.717, 1.165) is 38.2 Å². The van der Waals surface area contributed by atoms with E-state index in [2.05, 4.69) is 15.6 Å². The Morgan fingerprint density at radius 2 is 1.88 bits per heavy atom. The summed E-state index contributed by atoms with van der Waals surface area (Å²) < 4.78 is 14.3. The Balaban J connectivity index is 1.04. The van der Waals surface area contributed by atoms with Crippen LogP contribution in [0.2, 0.25) is 0 Å². The molecule has 2 aliphatic rings. The van der Waals surface area contributed by atoms with E-state index in [1.165, 1.54) is 12.1 Å². The first-order valence-corrected chi connectivity index (χ1v) is 16.9. The van der Waals surface area contributed by atoms with Crippen LogP contribution in [0.15, 0.2) is 59.5 Å². The Hall–Kier alpha value is -4.97. The number of thioether (sulfide) groups is 1. The molecule has 10 nitrogen and oxygen atoms in total. The highest BCUT2D eigenvalue weighted by Crippen LogP contribution is 2.36. The molecule has 0 aliphatic carbocycles. The summed E-state index contributed by atoms with van der Waals surface area (Å²) >= 11 is 1.55. The summed E-state index contributed by atoms with van der Waals surface area (Å²) in [5.41, 5.74) is 6.22. The molecule has 1 atom stereocenters. The second-order valence-electron chi connectivity index (χ2n) is 12.2. The van der Waals surface area contributed by atoms with Gasteiger partial charge in [-0.2, -0.15) is 0 Å². The van der Waals surface area contributed by atoms with Gasteiger partial charge in [0.25, 0.3) is 11.8 Å². The number of nitrogens with zero attached hydrogens (tertiary/aromatic N) is 2. The second kappa shape index (κ2) is 14.0. The molecule has 6 rings (SSSR count). The number of H-pyrrole nitrogens is 1. The van der Waals surface area contributed by atoms with Crippen molar-refractivity contribution in [3.05, 3.63) is 88.2 Å². The van der Waals surface area contributed by atoms with Crippen molar-refractivity contribution >= 4 is 52.7 Å². The van der Waals surface area contributed by atoms with Crippen molar-refractivity contribution in [2.24, 2.45) is 0 Å². The molecule has 2 aliphatic heterocycles. The monoisotopic (exact) mass is 669 g/mol. The van der Waals surface area contributed by atoms with E-state index in [1.54, 1.807) is 28.6 Å². The van der Waals surface area contributed by atoms with Crippen LogP contribution in [0.5, 0.6) is 0 Å². The summed E-state index contributed by atoms with van der Waals surface area (Å²) in [6.07, 6.45) is 1.90. The topological polar surface area (TPSA) is 132 Å². The molecule has 12 heteroatoms. The predicted octanol–water partition coefficient (Wildman–Crippen LogP) is 4.80. The number of hydrogen-bond acceptors (Lipinski definition) is 6. The minimum Gasteiger partial charge on any atom is -0.354 e. The van der Waals surface area contributed by atoms with Crippen LogP contribution < -0.4 is 10.6 Å². The standard InChI is InChI=1S/C36H36FN5O5S/c1-21(6-11-31(44)39-20-43)42-19-28-25(36(42)47)4-3-5-30(28)48-15-13-32(45)41(2)18-22-7-9-23(10-8-22)34-26-12-14-38-35(46)27-16-24(37)17-29(40-34)33(26)27/h3-5,7-10,16-17,20-21,40H,6,11-15,18-19H2,1-2H3,(H,38,46)(H,39,43,44). The first-order valence-electron chi connectivity index (χ1n) is 15.9. The Morgan fingerprint density at radius 1 is 1.08 bits per heavy atom. The van der Waals surface area contributed by atoms with Gasteiger partial charge in [-0.25, -0.2) is 4.39 Å². The summed E-state index contributed by atoms with van der Waals surface area (Å²) in [6.45, 7) is 3.23. The molecular formula is C36H36FN5O5S. The van der Waals surface area contributed by atoms with Gasteiger partial charge < -0.3 is 20.1 Å². The maximum Gasteiger partial charge on any atom is 0.254 e. The molecule has 3 aromatic carbocycles. The molecule has 0 saturated heterocycles. The third-order valence-corrected chi connectivity index (χ3v) is 10.1. The summed E-state index contributed by atoms with van der Waals surface area (Å²) in [5.74, 6) is -0.639. The Labute approximate surface area is 281 Å². The summed E-state index contributed by atoms with van der Waals surface area (Å²) in [7, 11) is 1.78. The van der Waals surface area contributed by atoms with Gasteiger partial charge in [0, 0.05) is 78.4 Å². The van der Waals surface area contributed by atoms with E-state index in [1.807, 2.05) is 49.4 Å². The molecule has 248 valence electrons. The van der Waals surface area contributed by atoms with E-state index in [4.69, 9.17) is 0 Å². The maximum absolute atomic E-state index is 14.3. The molecule has 0 spiro atoms. The molecule has 3 heterocycles. The molecule has 5 amide bonds. The van der Waals surface area contributed by atoms with Crippen LogP contribution in [0.4, 0.5) is 4.39 Å². The molecule has 0 fully saturated rings. The Bertz CT molecular complexity index is 1920.